The summed E-state index contributed by atoms with van der Waals surface area (Å²) in [6, 6.07) is 13.5. The van der Waals surface area contributed by atoms with Crippen LogP contribution in [-0.2, 0) is 11.2 Å². The highest BCUT2D eigenvalue weighted by Gasteiger charge is 2.35. The average Bonchev–Trinajstić information content (AvgIpc) is 3.52. The lowest BCUT2D eigenvalue weighted by Crippen LogP contribution is -2.41. The summed E-state index contributed by atoms with van der Waals surface area (Å²) >= 11 is 0. The Morgan fingerprint density at radius 1 is 1.03 bits per heavy atom. The molecule has 0 radical (unpaired) electrons. The lowest BCUT2D eigenvalue weighted by molar-refractivity contribution is -0.122. The number of H-pyrrole nitrogens is 1. The monoisotopic (exact) mass is 386 g/mol. The van der Waals surface area contributed by atoms with E-state index in [4.69, 9.17) is 0 Å². The van der Waals surface area contributed by atoms with Crippen molar-refractivity contribution in [3.8, 4) is 11.3 Å². The van der Waals surface area contributed by atoms with E-state index in [1.807, 2.05) is 42.5 Å². The summed E-state index contributed by atoms with van der Waals surface area (Å²) in [6.07, 6.45) is 6.33. The van der Waals surface area contributed by atoms with Crippen molar-refractivity contribution in [1.29, 1.82) is 0 Å². The third kappa shape index (κ3) is 3.53. The van der Waals surface area contributed by atoms with E-state index in [2.05, 4.69) is 20.6 Å². The Morgan fingerprint density at radius 2 is 1.79 bits per heavy atom. The minimum absolute atomic E-state index is 0.0438. The zero-order valence-corrected chi connectivity index (χ0v) is 15.9. The van der Waals surface area contributed by atoms with Gasteiger partial charge in [-0.25, -0.2) is 0 Å². The Labute approximate surface area is 168 Å². The molecule has 1 atom stereocenters. The maximum Gasteiger partial charge on any atom is 0.223 e. The third-order valence-electron chi connectivity index (χ3n) is 5.55. The van der Waals surface area contributed by atoms with Crippen molar-refractivity contribution in [3.05, 3.63) is 66.1 Å². The first-order valence-corrected chi connectivity index (χ1v) is 10.00. The number of nitrogens with one attached hydrogen (secondary N) is 3. The van der Waals surface area contributed by atoms with Gasteiger partial charge in [-0.1, -0.05) is 18.2 Å². The van der Waals surface area contributed by atoms with Gasteiger partial charge in [0.1, 0.15) is 0 Å². The summed E-state index contributed by atoms with van der Waals surface area (Å²) in [5.41, 5.74) is 5.09. The van der Waals surface area contributed by atoms with Gasteiger partial charge in [0.25, 0.3) is 0 Å². The van der Waals surface area contributed by atoms with Gasteiger partial charge in [-0.15, -0.1) is 0 Å². The molecule has 146 valence electrons. The molecule has 0 bridgehead atoms. The van der Waals surface area contributed by atoms with Crippen LogP contribution in [0.5, 0.6) is 0 Å². The van der Waals surface area contributed by atoms with Gasteiger partial charge in [-0.05, 0) is 37.1 Å². The normalized spacial score (nSPS) is 18.2. The number of para-hydroxylation sites is 1. The van der Waals surface area contributed by atoms with E-state index in [9.17, 15) is 9.59 Å². The summed E-state index contributed by atoms with van der Waals surface area (Å²) in [7, 11) is 0. The third-order valence-corrected chi connectivity index (χ3v) is 5.55. The van der Waals surface area contributed by atoms with Crippen molar-refractivity contribution in [3.63, 3.8) is 0 Å². The standard InChI is InChI=1S/C23H22N4O2/c28-19-13-17(26-23(29)15-6-7-15)12-18-20(19)22(25-16-4-2-1-3-5-16)21(27-18)14-8-10-24-11-9-14/h1-5,8-11,15,17,25,27H,6-7,12-13H2,(H,26,29). The summed E-state index contributed by atoms with van der Waals surface area (Å²) in [6.45, 7) is 0. The highest BCUT2D eigenvalue weighted by molar-refractivity contribution is 6.08. The van der Waals surface area contributed by atoms with E-state index in [-0.39, 0.29) is 23.7 Å². The topological polar surface area (TPSA) is 86.9 Å². The summed E-state index contributed by atoms with van der Waals surface area (Å²) in [5, 5.41) is 6.49. The molecule has 0 aliphatic heterocycles. The molecule has 29 heavy (non-hydrogen) atoms. The Kier molecular flexibility index (Phi) is 4.39. The average molecular weight is 386 g/mol. The highest BCUT2D eigenvalue weighted by Crippen LogP contribution is 2.39. The number of fused-ring (bicyclic) bond motifs is 1. The lowest BCUT2D eigenvalue weighted by atomic mass is 9.90. The molecule has 5 rings (SSSR count). The Morgan fingerprint density at radius 3 is 2.52 bits per heavy atom. The number of aromatic nitrogens is 2. The second-order valence-electron chi connectivity index (χ2n) is 7.77. The van der Waals surface area contributed by atoms with Gasteiger partial charge in [0.15, 0.2) is 5.78 Å². The Balaban J connectivity index is 1.52. The van der Waals surface area contributed by atoms with Crippen LogP contribution in [0.1, 0.15) is 35.3 Å². The summed E-state index contributed by atoms with van der Waals surface area (Å²) < 4.78 is 0. The molecule has 1 aromatic carbocycles. The largest absolute Gasteiger partial charge is 0.356 e. The van der Waals surface area contributed by atoms with Crippen molar-refractivity contribution < 1.29 is 9.59 Å². The number of amides is 1. The van der Waals surface area contributed by atoms with E-state index in [1.54, 1.807) is 12.4 Å². The molecule has 6 heteroatoms. The van der Waals surface area contributed by atoms with E-state index in [0.29, 0.717) is 18.4 Å². The van der Waals surface area contributed by atoms with Crippen LogP contribution < -0.4 is 10.6 Å². The first-order valence-electron chi connectivity index (χ1n) is 10.00. The number of hydrogen-bond acceptors (Lipinski definition) is 4. The van der Waals surface area contributed by atoms with Crippen LogP contribution in [-0.4, -0.2) is 27.7 Å². The van der Waals surface area contributed by atoms with Gasteiger partial charge in [0.05, 0.1) is 16.9 Å². The fraction of sp³-hybridized carbons (Fsp3) is 0.261. The van der Waals surface area contributed by atoms with Gasteiger partial charge >= 0.3 is 0 Å². The second-order valence-corrected chi connectivity index (χ2v) is 7.77. The van der Waals surface area contributed by atoms with E-state index in [0.717, 1.165) is 41.2 Å². The number of nitrogens with zero attached hydrogens (tertiary/aromatic N) is 1. The van der Waals surface area contributed by atoms with Gasteiger partial charge in [0.2, 0.25) is 5.91 Å². The number of pyridine rings is 1. The van der Waals surface area contributed by atoms with Crippen molar-refractivity contribution in [2.75, 3.05) is 5.32 Å². The first kappa shape index (κ1) is 17.7. The number of carbonyl (C=O) groups excluding carboxylic acids is 2. The van der Waals surface area contributed by atoms with Crippen LogP contribution >= 0.6 is 0 Å². The molecule has 2 heterocycles. The van der Waals surface area contributed by atoms with E-state index < -0.39 is 0 Å². The van der Waals surface area contributed by atoms with Crippen molar-refractivity contribution in [2.24, 2.45) is 5.92 Å². The van der Waals surface area contributed by atoms with Crippen LogP contribution in [0.15, 0.2) is 54.9 Å². The molecule has 3 N–H and O–H groups in total. The maximum absolute atomic E-state index is 13.1. The molecule has 1 saturated carbocycles. The molecule has 1 amide bonds. The molecule has 2 aromatic heterocycles. The minimum Gasteiger partial charge on any atom is -0.356 e. The zero-order chi connectivity index (χ0) is 19.8. The molecule has 1 unspecified atom stereocenters. The number of carbonyl (C=O) groups is 2. The van der Waals surface area contributed by atoms with Gasteiger partial charge in [0, 0.05) is 54.1 Å². The van der Waals surface area contributed by atoms with Crippen molar-refractivity contribution >= 4 is 23.1 Å². The Bertz CT molecular complexity index is 1060. The SMILES string of the molecule is O=C1CC(NC(=O)C2CC2)Cc2[nH]c(-c3ccncc3)c(Nc3ccccc3)c21. The smallest absolute Gasteiger partial charge is 0.223 e. The summed E-state index contributed by atoms with van der Waals surface area (Å²) in [5.74, 6) is 0.259. The predicted molar refractivity (Wildman–Crippen MR) is 111 cm³/mol. The van der Waals surface area contributed by atoms with Crippen LogP contribution in [0.2, 0.25) is 0 Å². The molecule has 1 fully saturated rings. The molecule has 2 aliphatic carbocycles. The van der Waals surface area contributed by atoms with Crippen LogP contribution in [0.25, 0.3) is 11.3 Å². The van der Waals surface area contributed by atoms with Crippen LogP contribution in [0, 0.1) is 5.92 Å². The number of ketones is 1. The molecular formula is C23H22N4O2. The minimum atomic E-state index is -0.156. The molecular weight excluding hydrogens is 364 g/mol. The second kappa shape index (κ2) is 7.20. The van der Waals surface area contributed by atoms with Gasteiger partial charge < -0.3 is 15.6 Å². The van der Waals surface area contributed by atoms with Crippen molar-refractivity contribution in [2.45, 2.75) is 31.7 Å². The zero-order valence-electron chi connectivity index (χ0n) is 15.9. The highest BCUT2D eigenvalue weighted by atomic mass is 16.2. The molecule has 2 aliphatic rings. The predicted octanol–water partition coefficient (Wildman–Crippen LogP) is 3.84. The van der Waals surface area contributed by atoms with Gasteiger partial charge in [-0.3, -0.25) is 14.6 Å². The number of Topliss-reactive ketones (excluding diaryl/α,β-unsaturated/α-hetero) is 1. The molecule has 0 saturated heterocycles. The first-order chi connectivity index (χ1) is 14.2. The van der Waals surface area contributed by atoms with E-state index >= 15 is 0 Å². The quantitative estimate of drug-likeness (QED) is 0.622. The molecule has 6 nitrogen and oxygen atoms in total. The number of benzene rings is 1. The van der Waals surface area contributed by atoms with Crippen LogP contribution in [0.4, 0.5) is 11.4 Å². The maximum atomic E-state index is 13.1. The summed E-state index contributed by atoms with van der Waals surface area (Å²) in [4.78, 5) is 32.8. The fourth-order valence-electron chi connectivity index (χ4n) is 3.95. The number of hydrogen-bond donors (Lipinski definition) is 3. The molecule has 3 aromatic rings. The molecule has 0 spiro atoms. The fourth-order valence-corrected chi connectivity index (χ4v) is 3.95. The van der Waals surface area contributed by atoms with Crippen LogP contribution in [0.3, 0.4) is 0 Å². The lowest BCUT2D eigenvalue weighted by Gasteiger charge is -2.23. The van der Waals surface area contributed by atoms with Gasteiger partial charge in [-0.2, -0.15) is 0 Å². The van der Waals surface area contributed by atoms with Crippen molar-refractivity contribution in [1.82, 2.24) is 15.3 Å². The number of anilines is 2. The van der Waals surface area contributed by atoms with E-state index in [1.165, 1.54) is 0 Å². The Hall–Kier alpha value is -3.41. The number of rotatable bonds is 5. The number of aromatic amines is 1.